The molecular weight excluding hydrogens is 370 g/mol. The smallest absolute Gasteiger partial charge is 0.235 e. The predicted octanol–water partition coefficient (Wildman–Crippen LogP) is 3.78. The number of carbonyl (C=O) groups is 1. The Morgan fingerprint density at radius 2 is 1.86 bits per heavy atom. The van der Waals surface area contributed by atoms with Crippen molar-refractivity contribution in [2.45, 2.75) is 24.8 Å². The molecular formula is C22H23N3O2S. The van der Waals surface area contributed by atoms with Gasteiger partial charge in [0.2, 0.25) is 5.91 Å². The summed E-state index contributed by atoms with van der Waals surface area (Å²) in [6.45, 7) is 4.33. The number of rotatable bonds is 5. The molecule has 2 aromatic heterocycles. The quantitative estimate of drug-likeness (QED) is 0.662. The molecule has 6 heteroatoms. The lowest BCUT2D eigenvalue weighted by atomic mass is 9.99. The van der Waals surface area contributed by atoms with Crippen LogP contribution in [0.4, 0.5) is 0 Å². The molecule has 3 aromatic rings. The van der Waals surface area contributed by atoms with Crippen molar-refractivity contribution in [2.24, 2.45) is 0 Å². The van der Waals surface area contributed by atoms with Gasteiger partial charge < -0.3 is 9.42 Å². The fourth-order valence-corrected chi connectivity index (χ4v) is 4.67. The molecule has 1 saturated carbocycles. The first kappa shape index (κ1) is 17.6. The number of hydrogen-bond donors (Lipinski definition) is 0. The maximum absolute atomic E-state index is 13.3. The molecule has 5 nitrogen and oxygen atoms in total. The monoisotopic (exact) mass is 393 g/mol. The third-order valence-electron chi connectivity index (χ3n) is 5.83. The largest absolute Gasteiger partial charge is 0.355 e. The van der Waals surface area contributed by atoms with E-state index in [1.807, 2.05) is 34.5 Å². The number of piperazine rings is 1. The van der Waals surface area contributed by atoms with Crippen molar-refractivity contribution in [3.8, 4) is 10.6 Å². The van der Waals surface area contributed by atoms with E-state index in [-0.39, 0.29) is 5.91 Å². The Morgan fingerprint density at radius 1 is 1.07 bits per heavy atom. The van der Waals surface area contributed by atoms with Gasteiger partial charge in [-0.25, -0.2) is 0 Å². The highest BCUT2D eigenvalue weighted by atomic mass is 32.1. The molecule has 3 heterocycles. The zero-order valence-electron chi connectivity index (χ0n) is 15.7. The lowest BCUT2D eigenvalue weighted by molar-refractivity contribution is -0.136. The van der Waals surface area contributed by atoms with E-state index in [9.17, 15) is 4.79 Å². The zero-order valence-corrected chi connectivity index (χ0v) is 16.5. The summed E-state index contributed by atoms with van der Waals surface area (Å²) in [5.74, 6) is 0.981. The Labute approximate surface area is 168 Å². The van der Waals surface area contributed by atoms with Crippen molar-refractivity contribution < 1.29 is 9.32 Å². The van der Waals surface area contributed by atoms with E-state index in [0.29, 0.717) is 0 Å². The van der Waals surface area contributed by atoms with Gasteiger partial charge in [-0.1, -0.05) is 41.6 Å². The van der Waals surface area contributed by atoms with Crippen molar-refractivity contribution in [1.82, 2.24) is 15.0 Å². The maximum Gasteiger partial charge on any atom is 0.235 e. The van der Waals surface area contributed by atoms with Crippen LogP contribution in [0.3, 0.4) is 0 Å². The molecule has 1 aliphatic heterocycles. The first-order valence-corrected chi connectivity index (χ1v) is 10.7. The summed E-state index contributed by atoms with van der Waals surface area (Å²) in [6.07, 6.45) is 1.74. The van der Waals surface area contributed by atoms with Crippen molar-refractivity contribution in [1.29, 1.82) is 0 Å². The van der Waals surface area contributed by atoms with Crippen LogP contribution in [0.25, 0.3) is 10.6 Å². The first-order valence-electron chi connectivity index (χ1n) is 9.81. The molecule has 0 atom stereocenters. The Morgan fingerprint density at radius 3 is 2.54 bits per heavy atom. The molecule has 0 bridgehead atoms. The second-order valence-electron chi connectivity index (χ2n) is 7.69. The Balaban J connectivity index is 1.23. The van der Waals surface area contributed by atoms with E-state index in [1.54, 1.807) is 11.3 Å². The van der Waals surface area contributed by atoms with Gasteiger partial charge in [0.05, 0.1) is 16.0 Å². The van der Waals surface area contributed by atoms with Gasteiger partial charge in [0.1, 0.15) is 0 Å². The lowest BCUT2D eigenvalue weighted by Crippen LogP contribution is -2.51. The molecule has 1 saturated heterocycles. The van der Waals surface area contributed by atoms with Crippen molar-refractivity contribution >= 4 is 17.2 Å². The van der Waals surface area contributed by atoms with E-state index in [2.05, 4.69) is 34.3 Å². The normalized spacial score (nSPS) is 18.9. The molecule has 5 rings (SSSR count). The Hall–Kier alpha value is -2.44. The Kier molecular flexibility index (Phi) is 4.53. The lowest BCUT2D eigenvalue weighted by Gasteiger charge is -2.36. The van der Waals surface area contributed by atoms with E-state index >= 15 is 0 Å². The van der Waals surface area contributed by atoms with Crippen LogP contribution in [0, 0.1) is 0 Å². The molecule has 2 aliphatic rings. The maximum atomic E-state index is 13.3. The zero-order chi connectivity index (χ0) is 19.0. The number of carbonyl (C=O) groups excluding carboxylic acids is 1. The third-order valence-corrected chi connectivity index (χ3v) is 6.72. The van der Waals surface area contributed by atoms with Gasteiger partial charge in [0, 0.05) is 38.8 Å². The van der Waals surface area contributed by atoms with Crippen LogP contribution < -0.4 is 0 Å². The van der Waals surface area contributed by atoms with Gasteiger partial charge >= 0.3 is 0 Å². The van der Waals surface area contributed by atoms with Gasteiger partial charge in [-0.15, -0.1) is 11.3 Å². The van der Waals surface area contributed by atoms with Crippen LogP contribution in [-0.2, 0) is 16.8 Å². The summed E-state index contributed by atoms with van der Waals surface area (Å²) in [6, 6.07) is 16.5. The van der Waals surface area contributed by atoms with Gasteiger partial charge in [0.15, 0.2) is 5.76 Å². The van der Waals surface area contributed by atoms with Crippen LogP contribution in [0.2, 0.25) is 0 Å². The average molecular weight is 394 g/mol. The molecule has 1 aromatic carbocycles. The summed E-state index contributed by atoms with van der Waals surface area (Å²) in [5, 5.41) is 6.29. The summed E-state index contributed by atoms with van der Waals surface area (Å²) in [4.78, 5) is 18.8. The number of amides is 1. The minimum atomic E-state index is -0.458. The fraction of sp³-hybridized carbons (Fsp3) is 0.364. The van der Waals surface area contributed by atoms with Crippen molar-refractivity contribution in [3.05, 3.63) is 65.2 Å². The average Bonchev–Trinajstić information content (AvgIpc) is 3.14. The second-order valence-corrected chi connectivity index (χ2v) is 8.64. The second kappa shape index (κ2) is 7.18. The predicted molar refractivity (Wildman–Crippen MR) is 109 cm³/mol. The Bertz CT molecular complexity index is 939. The number of nitrogens with zero attached hydrogens (tertiary/aromatic N) is 3. The summed E-state index contributed by atoms with van der Waals surface area (Å²) >= 11 is 1.62. The van der Waals surface area contributed by atoms with E-state index < -0.39 is 5.41 Å². The van der Waals surface area contributed by atoms with E-state index in [1.165, 1.54) is 5.56 Å². The van der Waals surface area contributed by atoms with Crippen LogP contribution >= 0.6 is 11.3 Å². The molecule has 1 aliphatic carbocycles. The number of aromatic nitrogens is 1. The molecule has 0 spiro atoms. The van der Waals surface area contributed by atoms with E-state index in [4.69, 9.17) is 4.52 Å². The van der Waals surface area contributed by atoms with Crippen molar-refractivity contribution in [3.63, 3.8) is 0 Å². The van der Waals surface area contributed by atoms with Gasteiger partial charge in [-0.05, 0) is 29.9 Å². The fourth-order valence-electron chi connectivity index (χ4n) is 3.99. The summed E-state index contributed by atoms with van der Waals surface area (Å²) in [7, 11) is 0. The minimum absolute atomic E-state index is 0.220. The summed E-state index contributed by atoms with van der Waals surface area (Å²) in [5.41, 5.74) is 1.66. The molecule has 28 heavy (non-hydrogen) atoms. The minimum Gasteiger partial charge on any atom is -0.355 e. The SMILES string of the molecule is O=C(N1CCN(Cc2ccccc2)CC1)C1(c2cc(-c3cccs3)on2)CC1. The third kappa shape index (κ3) is 3.27. The van der Waals surface area contributed by atoms with Crippen LogP contribution in [-0.4, -0.2) is 47.0 Å². The first-order chi connectivity index (χ1) is 13.7. The highest BCUT2D eigenvalue weighted by Crippen LogP contribution is 2.50. The number of thiophene rings is 1. The van der Waals surface area contributed by atoms with Crippen LogP contribution in [0.15, 0.2) is 58.4 Å². The van der Waals surface area contributed by atoms with E-state index in [0.717, 1.165) is 61.9 Å². The highest BCUT2D eigenvalue weighted by molar-refractivity contribution is 7.13. The summed E-state index contributed by atoms with van der Waals surface area (Å²) < 4.78 is 5.54. The van der Waals surface area contributed by atoms with Gasteiger partial charge in [-0.3, -0.25) is 9.69 Å². The molecule has 0 unspecified atom stereocenters. The standard InChI is InChI=1S/C22H23N3O2S/c26-21(25-12-10-24(11-13-25)16-17-5-2-1-3-6-17)22(8-9-22)20-15-18(27-23-20)19-7-4-14-28-19/h1-7,14-15H,8-13,16H2. The van der Waals surface area contributed by atoms with Gasteiger partial charge in [0.25, 0.3) is 0 Å². The molecule has 0 radical (unpaired) electrons. The van der Waals surface area contributed by atoms with Gasteiger partial charge in [-0.2, -0.15) is 0 Å². The topological polar surface area (TPSA) is 49.6 Å². The van der Waals surface area contributed by atoms with Crippen molar-refractivity contribution in [2.75, 3.05) is 26.2 Å². The molecule has 1 amide bonds. The van der Waals surface area contributed by atoms with Crippen LogP contribution in [0.1, 0.15) is 24.1 Å². The molecule has 0 N–H and O–H groups in total. The number of benzene rings is 1. The molecule has 2 fully saturated rings. The van der Waals surface area contributed by atoms with Crippen LogP contribution in [0.5, 0.6) is 0 Å². The number of hydrogen-bond acceptors (Lipinski definition) is 5. The molecule has 144 valence electrons. The highest BCUT2D eigenvalue weighted by Gasteiger charge is 2.55.